The van der Waals surface area contributed by atoms with E-state index in [1.165, 1.54) is 6.07 Å². The molecule has 2 rings (SSSR count). The maximum absolute atomic E-state index is 13.2. The highest BCUT2D eigenvalue weighted by Gasteiger charge is 2.19. The summed E-state index contributed by atoms with van der Waals surface area (Å²) >= 11 is 1.57. The van der Waals surface area contributed by atoms with Crippen molar-refractivity contribution in [2.24, 2.45) is 0 Å². The molecule has 1 unspecified atom stereocenters. The third-order valence-corrected chi connectivity index (χ3v) is 3.20. The van der Waals surface area contributed by atoms with Gasteiger partial charge in [-0.15, -0.1) is 11.8 Å². The SMILES string of the molecule is OCC1CSc2cccc(F)c2N1. The maximum atomic E-state index is 13.2. The van der Waals surface area contributed by atoms with E-state index in [9.17, 15) is 4.39 Å². The molecule has 0 bridgehead atoms. The van der Waals surface area contributed by atoms with Gasteiger partial charge in [0.25, 0.3) is 0 Å². The zero-order valence-electron chi connectivity index (χ0n) is 6.96. The van der Waals surface area contributed by atoms with Crippen LogP contribution in [0.3, 0.4) is 0 Å². The largest absolute Gasteiger partial charge is 0.394 e. The standard InChI is InChI=1S/C9H10FNOS/c10-7-2-1-3-8-9(7)11-6(4-12)5-13-8/h1-3,6,11-12H,4-5H2. The Kier molecular flexibility index (Phi) is 2.42. The molecule has 1 aromatic rings. The van der Waals surface area contributed by atoms with Gasteiger partial charge in [-0.3, -0.25) is 0 Å². The summed E-state index contributed by atoms with van der Waals surface area (Å²) in [6.07, 6.45) is 0. The summed E-state index contributed by atoms with van der Waals surface area (Å²) in [6.45, 7) is 0.0424. The molecule has 0 radical (unpaired) electrons. The lowest BCUT2D eigenvalue weighted by molar-refractivity contribution is 0.282. The molecule has 13 heavy (non-hydrogen) atoms. The molecule has 0 amide bonds. The van der Waals surface area contributed by atoms with E-state index >= 15 is 0 Å². The Hall–Kier alpha value is -0.740. The number of hydrogen-bond acceptors (Lipinski definition) is 3. The number of anilines is 1. The number of rotatable bonds is 1. The van der Waals surface area contributed by atoms with Crippen molar-refractivity contribution in [3.63, 3.8) is 0 Å². The molecule has 0 saturated carbocycles. The van der Waals surface area contributed by atoms with Crippen molar-refractivity contribution < 1.29 is 9.50 Å². The van der Waals surface area contributed by atoms with Gasteiger partial charge in [-0.05, 0) is 12.1 Å². The fourth-order valence-electron chi connectivity index (χ4n) is 1.30. The molecule has 1 heterocycles. The Labute approximate surface area is 80.2 Å². The topological polar surface area (TPSA) is 32.3 Å². The van der Waals surface area contributed by atoms with E-state index in [0.717, 1.165) is 10.6 Å². The molecule has 70 valence electrons. The van der Waals surface area contributed by atoms with E-state index in [0.29, 0.717) is 5.69 Å². The first-order valence-electron chi connectivity index (χ1n) is 4.10. The first-order chi connectivity index (χ1) is 6.31. The van der Waals surface area contributed by atoms with Crippen LogP contribution in [0.2, 0.25) is 0 Å². The van der Waals surface area contributed by atoms with Gasteiger partial charge in [0, 0.05) is 10.6 Å². The number of benzene rings is 1. The molecule has 1 aromatic carbocycles. The smallest absolute Gasteiger partial charge is 0.147 e. The third kappa shape index (κ3) is 1.64. The Morgan fingerprint density at radius 3 is 3.23 bits per heavy atom. The monoisotopic (exact) mass is 199 g/mol. The summed E-state index contributed by atoms with van der Waals surface area (Å²) in [5.74, 6) is 0.538. The summed E-state index contributed by atoms with van der Waals surface area (Å²) in [5.41, 5.74) is 0.526. The van der Waals surface area contributed by atoms with Crippen LogP contribution in [-0.2, 0) is 0 Å². The van der Waals surface area contributed by atoms with Gasteiger partial charge in [-0.25, -0.2) is 4.39 Å². The summed E-state index contributed by atoms with van der Waals surface area (Å²) < 4.78 is 13.2. The van der Waals surface area contributed by atoms with Crippen molar-refractivity contribution in [1.82, 2.24) is 0 Å². The lowest BCUT2D eigenvalue weighted by Gasteiger charge is -2.25. The number of thioether (sulfide) groups is 1. The quantitative estimate of drug-likeness (QED) is 0.722. The molecule has 4 heteroatoms. The van der Waals surface area contributed by atoms with E-state index in [-0.39, 0.29) is 18.5 Å². The Balaban J connectivity index is 2.32. The van der Waals surface area contributed by atoms with Crippen LogP contribution in [0.25, 0.3) is 0 Å². The lowest BCUT2D eigenvalue weighted by Crippen LogP contribution is -2.29. The van der Waals surface area contributed by atoms with Crippen molar-refractivity contribution in [3.8, 4) is 0 Å². The van der Waals surface area contributed by atoms with Crippen LogP contribution in [0.5, 0.6) is 0 Å². The molecular formula is C9H10FNOS. The first kappa shape index (κ1) is 8.84. The fourth-order valence-corrected chi connectivity index (χ4v) is 2.34. The lowest BCUT2D eigenvalue weighted by atomic mass is 10.2. The second-order valence-corrected chi connectivity index (χ2v) is 4.01. The minimum Gasteiger partial charge on any atom is -0.394 e. The molecule has 0 spiro atoms. The maximum Gasteiger partial charge on any atom is 0.147 e. The molecule has 1 atom stereocenters. The van der Waals surface area contributed by atoms with Crippen molar-refractivity contribution in [3.05, 3.63) is 24.0 Å². The van der Waals surface area contributed by atoms with Crippen LogP contribution in [0.1, 0.15) is 0 Å². The van der Waals surface area contributed by atoms with Crippen LogP contribution >= 0.6 is 11.8 Å². The molecule has 0 aromatic heterocycles. The van der Waals surface area contributed by atoms with Crippen LogP contribution in [0.4, 0.5) is 10.1 Å². The summed E-state index contributed by atoms with van der Waals surface area (Å²) in [7, 11) is 0. The van der Waals surface area contributed by atoms with Gasteiger partial charge >= 0.3 is 0 Å². The van der Waals surface area contributed by atoms with Crippen LogP contribution in [0, 0.1) is 5.82 Å². The molecule has 2 nitrogen and oxygen atoms in total. The predicted molar refractivity (Wildman–Crippen MR) is 51.6 cm³/mol. The van der Waals surface area contributed by atoms with Crippen molar-refractivity contribution >= 4 is 17.4 Å². The van der Waals surface area contributed by atoms with Gasteiger partial charge in [0.1, 0.15) is 5.82 Å². The van der Waals surface area contributed by atoms with Crippen molar-refractivity contribution in [2.45, 2.75) is 10.9 Å². The van der Waals surface area contributed by atoms with Crippen molar-refractivity contribution in [1.29, 1.82) is 0 Å². The summed E-state index contributed by atoms with van der Waals surface area (Å²) in [4.78, 5) is 0.921. The zero-order chi connectivity index (χ0) is 9.26. The molecule has 0 aliphatic carbocycles. The average Bonchev–Trinajstić information content (AvgIpc) is 2.18. The molecule has 0 fully saturated rings. The van der Waals surface area contributed by atoms with E-state index in [2.05, 4.69) is 5.32 Å². The Morgan fingerprint density at radius 2 is 2.46 bits per heavy atom. The Bertz CT molecular complexity index is 318. The van der Waals surface area contributed by atoms with Gasteiger partial charge in [-0.2, -0.15) is 0 Å². The Morgan fingerprint density at radius 1 is 1.62 bits per heavy atom. The molecular weight excluding hydrogens is 189 g/mol. The van der Waals surface area contributed by atoms with Gasteiger partial charge in [0.2, 0.25) is 0 Å². The number of halogens is 1. The zero-order valence-corrected chi connectivity index (χ0v) is 7.77. The number of fused-ring (bicyclic) bond motifs is 1. The molecule has 0 saturated heterocycles. The highest BCUT2D eigenvalue weighted by Crippen LogP contribution is 2.34. The minimum atomic E-state index is -0.247. The fraction of sp³-hybridized carbons (Fsp3) is 0.333. The molecule has 2 N–H and O–H groups in total. The number of aliphatic hydroxyl groups excluding tert-OH is 1. The predicted octanol–water partition coefficient (Wildman–Crippen LogP) is 1.70. The summed E-state index contributed by atoms with van der Waals surface area (Å²) in [6, 6.07) is 4.96. The van der Waals surface area contributed by atoms with Gasteiger partial charge in [0.15, 0.2) is 0 Å². The molecule has 1 aliphatic heterocycles. The number of aliphatic hydroxyl groups is 1. The van der Waals surface area contributed by atoms with E-state index in [1.807, 2.05) is 6.07 Å². The van der Waals surface area contributed by atoms with E-state index in [4.69, 9.17) is 5.11 Å². The highest BCUT2D eigenvalue weighted by molar-refractivity contribution is 7.99. The number of hydrogen-bond donors (Lipinski definition) is 2. The molecule has 1 aliphatic rings. The number of nitrogens with one attached hydrogen (secondary N) is 1. The third-order valence-electron chi connectivity index (χ3n) is 1.98. The first-order valence-corrected chi connectivity index (χ1v) is 5.08. The van der Waals surface area contributed by atoms with Crippen LogP contribution in [-0.4, -0.2) is 23.5 Å². The van der Waals surface area contributed by atoms with Crippen molar-refractivity contribution in [2.75, 3.05) is 17.7 Å². The second kappa shape index (κ2) is 3.55. The van der Waals surface area contributed by atoms with Gasteiger partial charge < -0.3 is 10.4 Å². The van der Waals surface area contributed by atoms with Crippen LogP contribution in [0.15, 0.2) is 23.1 Å². The van der Waals surface area contributed by atoms with Gasteiger partial charge in [0.05, 0.1) is 18.3 Å². The van der Waals surface area contributed by atoms with E-state index < -0.39 is 0 Å². The number of para-hydroxylation sites is 1. The summed E-state index contributed by atoms with van der Waals surface area (Å²) in [5, 5.41) is 11.9. The van der Waals surface area contributed by atoms with E-state index in [1.54, 1.807) is 17.8 Å². The minimum absolute atomic E-state index is 0.0330. The van der Waals surface area contributed by atoms with Gasteiger partial charge in [-0.1, -0.05) is 6.07 Å². The average molecular weight is 199 g/mol. The highest BCUT2D eigenvalue weighted by atomic mass is 32.2. The van der Waals surface area contributed by atoms with Crippen LogP contribution < -0.4 is 5.32 Å². The second-order valence-electron chi connectivity index (χ2n) is 2.95. The normalized spacial score (nSPS) is 20.6.